The highest BCUT2D eigenvalue weighted by Gasteiger charge is 2.48. The lowest BCUT2D eigenvalue weighted by Crippen LogP contribution is -2.61. The minimum Gasteiger partial charge on any atom is -0.479 e. The van der Waals surface area contributed by atoms with Gasteiger partial charge in [-0.3, -0.25) is 24.1 Å². The average Bonchev–Trinajstić information content (AvgIpc) is 3.20. The number of unbranched alkanes of at least 4 members (excludes halogenated alkanes) is 2. The zero-order valence-corrected chi connectivity index (χ0v) is 21.0. The third-order valence-corrected chi connectivity index (χ3v) is 6.00. The molecule has 2 aliphatic heterocycles. The van der Waals surface area contributed by atoms with Gasteiger partial charge < -0.3 is 40.0 Å². The molecule has 0 saturated carbocycles. The largest absolute Gasteiger partial charge is 0.479 e. The van der Waals surface area contributed by atoms with Crippen LogP contribution in [0.2, 0.25) is 0 Å². The molecule has 5 N–H and O–H groups in total. The number of aliphatic carboxylic acids is 1. The molecule has 1 aromatic carbocycles. The molecule has 2 aliphatic rings. The Labute approximate surface area is 222 Å². The van der Waals surface area contributed by atoms with E-state index < -0.39 is 48.6 Å². The Kier molecular flexibility index (Phi) is 10.1. The highest BCUT2D eigenvalue weighted by atomic mass is 16.7. The summed E-state index contributed by atoms with van der Waals surface area (Å²) < 4.78 is 15.7. The number of nitrogens with one attached hydrogen (secondary N) is 1. The zero-order valence-electron chi connectivity index (χ0n) is 21.0. The van der Waals surface area contributed by atoms with Crippen molar-refractivity contribution in [1.29, 1.82) is 0 Å². The maximum atomic E-state index is 12.6. The molecule has 0 spiro atoms. The molecule has 1 fully saturated rings. The maximum absolute atomic E-state index is 12.6. The number of anilines is 1. The lowest BCUT2D eigenvalue weighted by Gasteiger charge is -2.38. The van der Waals surface area contributed by atoms with Crippen LogP contribution in [0.15, 0.2) is 30.4 Å². The highest BCUT2D eigenvalue weighted by Crippen LogP contribution is 2.31. The van der Waals surface area contributed by atoms with Crippen molar-refractivity contribution in [1.82, 2.24) is 4.90 Å². The number of carboxylic acid groups (broad SMARTS) is 1. The Balaban J connectivity index is 1.64. The van der Waals surface area contributed by atoms with Crippen molar-refractivity contribution in [3.8, 4) is 5.75 Å². The molecule has 3 amide bonds. The topological polar surface area (TPSA) is 209 Å². The number of hydrogen-bond acceptors (Lipinski definition) is 11. The van der Waals surface area contributed by atoms with Gasteiger partial charge in [-0.1, -0.05) is 12.5 Å². The van der Waals surface area contributed by atoms with E-state index in [1.165, 1.54) is 37.3 Å². The second-order valence-electron chi connectivity index (χ2n) is 8.98. The van der Waals surface area contributed by atoms with Crippen molar-refractivity contribution >= 4 is 35.3 Å². The summed E-state index contributed by atoms with van der Waals surface area (Å²) in [4.78, 5) is 59.5. The number of carboxylic acids is 1. The Bertz CT molecular complexity index is 1120. The molecule has 5 atom stereocenters. The average molecular weight is 551 g/mol. The minimum absolute atomic E-state index is 0.0507. The molecule has 0 aromatic heterocycles. The van der Waals surface area contributed by atoms with Crippen LogP contribution in [-0.4, -0.2) is 92.2 Å². The van der Waals surface area contributed by atoms with Crippen LogP contribution in [0.5, 0.6) is 5.75 Å². The van der Waals surface area contributed by atoms with Gasteiger partial charge in [0.1, 0.15) is 30.7 Å². The van der Waals surface area contributed by atoms with E-state index >= 15 is 0 Å². The molecular weight excluding hydrogens is 520 g/mol. The van der Waals surface area contributed by atoms with Crippen LogP contribution in [0.4, 0.5) is 5.69 Å². The summed E-state index contributed by atoms with van der Waals surface area (Å²) in [6.45, 7) is 1.35. The number of benzene rings is 1. The van der Waals surface area contributed by atoms with Gasteiger partial charge in [-0.05, 0) is 30.5 Å². The van der Waals surface area contributed by atoms with Crippen LogP contribution in [0.1, 0.15) is 38.2 Å². The summed E-state index contributed by atoms with van der Waals surface area (Å²) in [6.07, 6.45) is -5.20. The SMILES string of the molecule is CC(=O)OCc1ccc(O[C@@H]2O[C@H](C(=O)O)[C@@H](O)[C@H](O)[C@H]2O)c(NC(=O)CCCCCN2C(=O)C=CC2=O)c1. The summed E-state index contributed by atoms with van der Waals surface area (Å²) >= 11 is 0. The number of amides is 3. The number of carbonyl (C=O) groups is 5. The summed E-state index contributed by atoms with van der Waals surface area (Å²) in [7, 11) is 0. The van der Waals surface area contributed by atoms with Crippen molar-refractivity contribution in [2.75, 3.05) is 11.9 Å². The molecule has 0 aliphatic carbocycles. The van der Waals surface area contributed by atoms with Crippen molar-refractivity contribution in [2.45, 2.75) is 69.9 Å². The highest BCUT2D eigenvalue weighted by molar-refractivity contribution is 6.12. The number of aliphatic hydroxyl groups excluding tert-OH is 3. The number of esters is 1. The molecule has 2 heterocycles. The molecule has 39 heavy (non-hydrogen) atoms. The Morgan fingerprint density at radius 3 is 2.33 bits per heavy atom. The number of ether oxygens (including phenoxy) is 3. The molecule has 0 bridgehead atoms. The summed E-state index contributed by atoms with van der Waals surface area (Å²) in [5, 5.41) is 42.1. The van der Waals surface area contributed by atoms with Crippen molar-refractivity contribution < 1.29 is 58.6 Å². The molecule has 0 radical (unpaired) electrons. The number of aliphatic hydroxyl groups is 3. The monoisotopic (exact) mass is 550 g/mol. The van der Waals surface area contributed by atoms with Gasteiger partial charge in [0.25, 0.3) is 11.8 Å². The standard InChI is InChI=1S/C25H30N2O12/c1-13(28)37-12-14-6-7-16(38-25-22(34)20(32)21(33)23(39-25)24(35)36)15(11-14)26-17(29)5-3-2-4-10-27-18(30)8-9-19(27)31/h6-9,11,20-23,25,32-34H,2-5,10,12H2,1H3,(H,26,29)(H,35,36)/t20-,21-,22+,23-,25+/m0/s1. The van der Waals surface area contributed by atoms with E-state index in [9.17, 15) is 44.4 Å². The van der Waals surface area contributed by atoms with Crippen LogP contribution in [0.3, 0.4) is 0 Å². The van der Waals surface area contributed by atoms with E-state index in [-0.39, 0.29) is 42.8 Å². The van der Waals surface area contributed by atoms with Gasteiger partial charge in [-0.25, -0.2) is 4.79 Å². The molecule has 212 valence electrons. The summed E-state index contributed by atoms with van der Waals surface area (Å²) in [5.41, 5.74) is 0.567. The zero-order chi connectivity index (χ0) is 28.7. The van der Waals surface area contributed by atoms with Gasteiger partial charge in [0.15, 0.2) is 6.10 Å². The van der Waals surface area contributed by atoms with Crippen LogP contribution < -0.4 is 10.1 Å². The predicted molar refractivity (Wildman–Crippen MR) is 130 cm³/mol. The van der Waals surface area contributed by atoms with Crippen molar-refractivity contribution in [2.24, 2.45) is 0 Å². The smallest absolute Gasteiger partial charge is 0.335 e. The maximum Gasteiger partial charge on any atom is 0.335 e. The first kappa shape index (κ1) is 29.7. The van der Waals surface area contributed by atoms with Crippen LogP contribution in [0.25, 0.3) is 0 Å². The van der Waals surface area contributed by atoms with E-state index in [0.717, 1.165) is 4.90 Å². The molecule has 0 unspecified atom stereocenters. The second kappa shape index (κ2) is 13.3. The number of carbonyl (C=O) groups excluding carboxylic acids is 4. The molecule has 1 saturated heterocycles. The molecule has 3 rings (SSSR count). The molecule has 1 aromatic rings. The van der Waals surface area contributed by atoms with Crippen molar-refractivity contribution in [3.63, 3.8) is 0 Å². The molecular formula is C25H30N2O12. The van der Waals surface area contributed by atoms with Gasteiger partial charge in [0.2, 0.25) is 12.2 Å². The first-order valence-corrected chi connectivity index (χ1v) is 12.2. The second-order valence-corrected chi connectivity index (χ2v) is 8.98. The normalized spacial score (nSPS) is 24.5. The Morgan fingerprint density at radius 1 is 1.00 bits per heavy atom. The molecule has 14 heteroatoms. The van der Waals surface area contributed by atoms with Gasteiger partial charge in [-0.15, -0.1) is 0 Å². The van der Waals surface area contributed by atoms with Crippen LogP contribution in [0, 0.1) is 0 Å². The number of imide groups is 1. The van der Waals surface area contributed by atoms with Gasteiger partial charge in [0.05, 0.1) is 5.69 Å². The van der Waals surface area contributed by atoms with Crippen LogP contribution in [-0.2, 0) is 40.1 Å². The van der Waals surface area contributed by atoms with Crippen LogP contribution >= 0.6 is 0 Å². The summed E-state index contributed by atoms with van der Waals surface area (Å²) in [5.74, 6) is -3.33. The quantitative estimate of drug-likeness (QED) is 0.126. The lowest BCUT2D eigenvalue weighted by molar-refractivity contribution is -0.271. The van der Waals surface area contributed by atoms with Gasteiger partial charge >= 0.3 is 11.9 Å². The van der Waals surface area contributed by atoms with E-state index in [0.29, 0.717) is 24.8 Å². The fraction of sp³-hybridized carbons (Fsp3) is 0.480. The van der Waals surface area contributed by atoms with E-state index in [4.69, 9.17) is 14.2 Å². The number of nitrogens with zero attached hydrogens (tertiary/aromatic N) is 1. The van der Waals surface area contributed by atoms with Crippen molar-refractivity contribution in [3.05, 3.63) is 35.9 Å². The number of rotatable bonds is 12. The number of hydrogen-bond donors (Lipinski definition) is 5. The summed E-state index contributed by atoms with van der Waals surface area (Å²) in [6, 6.07) is 4.32. The van der Waals surface area contributed by atoms with Gasteiger partial charge in [-0.2, -0.15) is 0 Å². The van der Waals surface area contributed by atoms with E-state index in [1.807, 2.05) is 0 Å². The Hall–Kier alpha value is -3.85. The first-order valence-electron chi connectivity index (χ1n) is 12.2. The minimum atomic E-state index is -1.90. The fourth-order valence-electron chi connectivity index (χ4n) is 3.92. The lowest BCUT2D eigenvalue weighted by atomic mass is 9.99. The van der Waals surface area contributed by atoms with Gasteiger partial charge in [0, 0.05) is 32.0 Å². The molecule has 14 nitrogen and oxygen atoms in total. The predicted octanol–water partition coefficient (Wildman–Crippen LogP) is -0.555. The fourth-order valence-corrected chi connectivity index (χ4v) is 3.92. The van der Waals surface area contributed by atoms with E-state index in [1.54, 1.807) is 0 Å². The third kappa shape index (κ3) is 7.83. The first-order chi connectivity index (χ1) is 18.5. The third-order valence-electron chi connectivity index (χ3n) is 6.00. The van der Waals surface area contributed by atoms with E-state index in [2.05, 4.69) is 5.32 Å². The Morgan fingerprint density at radius 2 is 1.69 bits per heavy atom.